The lowest BCUT2D eigenvalue weighted by Gasteiger charge is -2.13. The predicted molar refractivity (Wildman–Crippen MR) is 53.1 cm³/mol. The summed E-state index contributed by atoms with van der Waals surface area (Å²) in [6.45, 7) is -0.263. The van der Waals surface area contributed by atoms with E-state index in [9.17, 15) is 22.8 Å². The highest BCUT2D eigenvalue weighted by atomic mass is 19.4. The Morgan fingerprint density at radius 2 is 2.21 bits per heavy atom. The molecular weight excluding hydrogens is 269 g/mol. The number of rotatable bonds is 3. The number of amides is 1. The fourth-order valence-corrected chi connectivity index (χ4v) is 1.89. The molecule has 1 aromatic rings. The van der Waals surface area contributed by atoms with Gasteiger partial charge in [-0.15, -0.1) is 5.10 Å². The van der Waals surface area contributed by atoms with E-state index in [4.69, 9.17) is 5.11 Å². The first-order chi connectivity index (χ1) is 8.79. The van der Waals surface area contributed by atoms with Gasteiger partial charge in [0, 0.05) is 12.5 Å². The fourth-order valence-electron chi connectivity index (χ4n) is 1.89. The molecule has 1 aromatic heterocycles. The first-order valence-corrected chi connectivity index (χ1v) is 5.32. The average Bonchev–Trinajstić information content (AvgIpc) is 2.84. The second kappa shape index (κ2) is 4.52. The molecule has 0 aromatic carbocycles. The van der Waals surface area contributed by atoms with Crippen molar-refractivity contribution in [3.05, 3.63) is 11.4 Å². The van der Waals surface area contributed by atoms with E-state index in [1.165, 1.54) is 0 Å². The average molecular weight is 278 g/mol. The summed E-state index contributed by atoms with van der Waals surface area (Å²) < 4.78 is 38.9. The molecule has 1 amide bonds. The van der Waals surface area contributed by atoms with Crippen molar-refractivity contribution in [3.8, 4) is 0 Å². The maximum Gasteiger partial charge on any atom is 0.435 e. The van der Waals surface area contributed by atoms with Crippen LogP contribution >= 0.6 is 0 Å². The van der Waals surface area contributed by atoms with Crippen LogP contribution in [0.1, 0.15) is 29.0 Å². The minimum atomic E-state index is -4.88. The number of nitrogens with one attached hydrogen (secondary N) is 1. The minimum Gasteiger partial charge on any atom is -0.476 e. The van der Waals surface area contributed by atoms with E-state index in [2.05, 4.69) is 15.6 Å². The SMILES string of the molecule is O=C1CCC(Cn2nnc(C(=O)O)c2C(F)(F)F)N1. The molecule has 0 bridgehead atoms. The Hall–Kier alpha value is -2.13. The van der Waals surface area contributed by atoms with Crippen LogP contribution in [0.3, 0.4) is 0 Å². The van der Waals surface area contributed by atoms with Gasteiger partial charge in [0.2, 0.25) is 11.6 Å². The number of carboxylic acid groups (broad SMARTS) is 1. The van der Waals surface area contributed by atoms with E-state index in [-0.39, 0.29) is 18.9 Å². The molecule has 0 saturated carbocycles. The molecule has 2 N–H and O–H groups in total. The molecule has 0 aliphatic carbocycles. The lowest BCUT2D eigenvalue weighted by molar-refractivity contribution is -0.144. The van der Waals surface area contributed by atoms with Gasteiger partial charge in [0.15, 0.2) is 5.69 Å². The van der Waals surface area contributed by atoms with Crippen molar-refractivity contribution < 1.29 is 27.9 Å². The zero-order valence-corrected chi connectivity index (χ0v) is 9.44. The Labute approximate surface area is 104 Å². The number of carbonyl (C=O) groups is 2. The standard InChI is InChI=1S/C9H9F3N4O3/c10-9(11,12)7-6(8(18)19)14-15-16(7)3-4-1-2-5(17)13-4/h4H,1-3H2,(H,13,17)(H,18,19). The summed E-state index contributed by atoms with van der Waals surface area (Å²) in [6, 6.07) is -0.503. The topological polar surface area (TPSA) is 97.1 Å². The summed E-state index contributed by atoms with van der Waals surface area (Å²) in [4.78, 5) is 21.7. The number of aromatic carboxylic acids is 1. The molecule has 1 saturated heterocycles. The highest BCUT2D eigenvalue weighted by Gasteiger charge is 2.42. The molecule has 1 aliphatic heterocycles. The van der Waals surface area contributed by atoms with Crippen LogP contribution in [0.15, 0.2) is 0 Å². The molecule has 19 heavy (non-hydrogen) atoms. The lowest BCUT2D eigenvalue weighted by atomic mass is 10.2. The Morgan fingerprint density at radius 1 is 1.53 bits per heavy atom. The van der Waals surface area contributed by atoms with Gasteiger partial charge in [-0.25, -0.2) is 9.48 Å². The monoisotopic (exact) mass is 278 g/mol. The van der Waals surface area contributed by atoms with Crippen molar-refractivity contribution in [2.45, 2.75) is 31.6 Å². The van der Waals surface area contributed by atoms with Gasteiger partial charge in [0.25, 0.3) is 0 Å². The van der Waals surface area contributed by atoms with Crippen LogP contribution in [0.2, 0.25) is 0 Å². The van der Waals surface area contributed by atoms with Gasteiger partial charge >= 0.3 is 12.1 Å². The molecule has 0 spiro atoms. The van der Waals surface area contributed by atoms with Crippen molar-refractivity contribution in [1.82, 2.24) is 20.3 Å². The summed E-state index contributed by atoms with van der Waals surface area (Å²) in [7, 11) is 0. The second-order valence-electron chi connectivity index (χ2n) is 4.07. The zero-order chi connectivity index (χ0) is 14.2. The molecule has 1 atom stereocenters. The van der Waals surface area contributed by atoms with Crippen molar-refractivity contribution in [1.29, 1.82) is 0 Å². The normalized spacial score (nSPS) is 19.5. The minimum absolute atomic E-state index is 0.229. The molecular formula is C9H9F3N4O3. The summed E-state index contributed by atoms with van der Waals surface area (Å²) in [5, 5.41) is 17.4. The number of aromatic nitrogens is 3. The molecule has 104 valence electrons. The van der Waals surface area contributed by atoms with Gasteiger partial charge in [-0.05, 0) is 6.42 Å². The third-order valence-corrected chi connectivity index (χ3v) is 2.68. The van der Waals surface area contributed by atoms with Crippen molar-refractivity contribution in [3.63, 3.8) is 0 Å². The third kappa shape index (κ3) is 2.66. The van der Waals surface area contributed by atoms with Gasteiger partial charge < -0.3 is 10.4 Å². The van der Waals surface area contributed by atoms with Crippen molar-refractivity contribution in [2.24, 2.45) is 0 Å². The number of carbonyl (C=O) groups excluding carboxylic acids is 1. The Morgan fingerprint density at radius 3 is 2.68 bits per heavy atom. The first kappa shape index (κ1) is 13.3. The van der Waals surface area contributed by atoms with E-state index in [1.807, 2.05) is 0 Å². The van der Waals surface area contributed by atoms with Crippen LogP contribution in [0.5, 0.6) is 0 Å². The second-order valence-corrected chi connectivity index (χ2v) is 4.07. The first-order valence-electron chi connectivity index (χ1n) is 5.32. The smallest absolute Gasteiger partial charge is 0.435 e. The molecule has 2 heterocycles. The quantitative estimate of drug-likeness (QED) is 0.827. The van der Waals surface area contributed by atoms with Gasteiger partial charge in [0.1, 0.15) is 0 Å². The number of nitrogens with zero attached hydrogens (tertiary/aromatic N) is 3. The summed E-state index contributed by atoms with van der Waals surface area (Å²) in [5.74, 6) is -2.05. The van der Waals surface area contributed by atoms with Gasteiger partial charge in [-0.1, -0.05) is 5.21 Å². The maximum atomic E-state index is 12.8. The maximum absolute atomic E-state index is 12.8. The summed E-state index contributed by atoms with van der Waals surface area (Å²) in [5.41, 5.74) is -2.56. The van der Waals surface area contributed by atoms with Crippen LogP contribution in [0.4, 0.5) is 13.2 Å². The highest BCUT2D eigenvalue weighted by molar-refractivity contribution is 5.86. The fraction of sp³-hybridized carbons (Fsp3) is 0.556. The molecule has 1 aliphatic rings. The number of hydrogen-bond acceptors (Lipinski definition) is 4. The Bertz CT molecular complexity index is 525. The largest absolute Gasteiger partial charge is 0.476 e. The highest BCUT2D eigenvalue weighted by Crippen LogP contribution is 2.31. The van der Waals surface area contributed by atoms with E-state index in [0.29, 0.717) is 11.1 Å². The molecule has 10 heteroatoms. The van der Waals surface area contributed by atoms with E-state index < -0.39 is 29.6 Å². The van der Waals surface area contributed by atoms with E-state index >= 15 is 0 Å². The van der Waals surface area contributed by atoms with E-state index in [0.717, 1.165) is 0 Å². The zero-order valence-electron chi connectivity index (χ0n) is 9.44. The summed E-state index contributed by atoms with van der Waals surface area (Å²) >= 11 is 0. The summed E-state index contributed by atoms with van der Waals surface area (Å²) in [6.07, 6.45) is -4.27. The van der Waals surface area contributed by atoms with Crippen molar-refractivity contribution >= 4 is 11.9 Å². The Balaban J connectivity index is 2.30. The molecule has 1 fully saturated rings. The van der Waals surface area contributed by atoms with Crippen LogP contribution < -0.4 is 5.32 Å². The van der Waals surface area contributed by atoms with Gasteiger partial charge in [0.05, 0.1) is 6.54 Å². The number of hydrogen-bond donors (Lipinski definition) is 2. The predicted octanol–water partition coefficient (Wildman–Crippen LogP) is 0.274. The number of alkyl halides is 3. The third-order valence-electron chi connectivity index (χ3n) is 2.68. The molecule has 1 unspecified atom stereocenters. The number of halogens is 3. The van der Waals surface area contributed by atoms with Crippen LogP contribution in [0, 0.1) is 0 Å². The molecule has 0 radical (unpaired) electrons. The number of carboxylic acids is 1. The lowest BCUT2D eigenvalue weighted by Crippen LogP contribution is -2.32. The molecule has 7 nitrogen and oxygen atoms in total. The molecule has 2 rings (SSSR count). The van der Waals surface area contributed by atoms with Crippen LogP contribution in [0.25, 0.3) is 0 Å². The van der Waals surface area contributed by atoms with E-state index in [1.54, 1.807) is 0 Å². The Kier molecular flexibility index (Phi) is 3.16. The van der Waals surface area contributed by atoms with Crippen LogP contribution in [-0.2, 0) is 17.5 Å². The van der Waals surface area contributed by atoms with Gasteiger partial charge in [-0.3, -0.25) is 4.79 Å². The van der Waals surface area contributed by atoms with Crippen LogP contribution in [-0.4, -0.2) is 38.0 Å². The van der Waals surface area contributed by atoms with Gasteiger partial charge in [-0.2, -0.15) is 13.2 Å². The van der Waals surface area contributed by atoms with Crippen molar-refractivity contribution in [2.75, 3.05) is 0 Å².